The predicted molar refractivity (Wildman–Crippen MR) is 68.8 cm³/mol. The molecule has 1 rings (SSSR count). The van der Waals surface area contributed by atoms with Gasteiger partial charge in [-0.2, -0.15) is 0 Å². The van der Waals surface area contributed by atoms with Gasteiger partial charge >= 0.3 is 0 Å². The van der Waals surface area contributed by atoms with Crippen molar-refractivity contribution in [3.05, 3.63) is 34.6 Å². The molecule has 0 aliphatic carbocycles. The Morgan fingerprint density at radius 1 is 1.41 bits per heavy atom. The van der Waals surface area contributed by atoms with E-state index >= 15 is 0 Å². The highest BCUT2D eigenvalue weighted by Gasteiger charge is 2.16. The Balaban J connectivity index is 2.48. The van der Waals surface area contributed by atoms with Gasteiger partial charge in [-0.1, -0.05) is 11.6 Å². The monoisotopic (exact) mass is 259 g/mol. The van der Waals surface area contributed by atoms with Gasteiger partial charge in [-0.3, -0.25) is 0 Å². The average molecular weight is 260 g/mol. The van der Waals surface area contributed by atoms with Crippen LogP contribution in [-0.4, -0.2) is 18.8 Å². The standard InChI is InChI=1S/C13H19ClFNO/c1-4-17-13(2,3)9-16-8-10-7-11(14)5-6-12(10)15/h5-7,16H,4,8-9H2,1-3H3. The fraction of sp³-hybridized carbons (Fsp3) is 0.538. The van der Waals surface area contributed by atoms with Crippen LogP contribution < -0.4 is 5.32 Å². The molecule has 1 N–H and O–H groups in total. The van der Waals surface area contributed by atoms with Gasteiger partial charge in [0.2, 0.25) is 0 Å². The average Bonchev–Trinajstić information content (AvgIpc) is 2.23. The number of rotatable bonds is 6. The fourth-order valence-electron chi connectivity index (χ4n) is 1.62. The molecule has 0 aliphatic rings. The summed E-state index contributed by atoms with van der Waals surface area (Å²) < 4.78 is 18.9. The Labute approximate surface area is 107 Å². The quantitative estimate of drug-likeness (QED) is 0.846. The maximum atomic E-state index is 13.4. The van der Waals surface area contributed by atoms with Crippen molar-refractivity contribution in [2.45, 2.75) is 32.9 Å². The van der Waals surface area contributed by atoms with Crippen LogP contribution in [0.1, 0.15) is 26.3 Å². The van der Waals surface area contributed by atoms with Crippen molar-refractivity contribution in [3.63, 3.8) is 0 Å². The summed E-state index contributed by atoms with van der Waals surface area (Å²) in [6.45, 7) is 7.73. The van der Waals surface area contributed by atoms with Crippen LogP contribution >= 0.6 is 11.6 Å². The molecule has 1 aromatic carbocycles. The number of hydrogen-bond acceptors (Lipinski definition) is 2. The molecular formula is C13H19ClFNO. The molecule has 0 atom stereocenters. The van der Waals surface area contributed by atoms with Crippen LogP contribution in [0, 0.1) is 5.82 Å². The van der Waals surface area contributed by atoms with E-state index in [2.05, 4.69) is 5.32 Å². The highest BCUT2D eigenvalue weighted by molar-refractivity contribution is 6.30. The SMILES string of the molecule is CCOC(C)(C)CNCc1cc(Cl)ccc1F. The molecule has 0 aromatic heterocycles. The van der Waals surface area contributed by atoms with Gasteiger partial charge in [0.05, 0.1) is 5.60 Å². The zero-order valence-corrected chi connectivity index (χ0v) is 11.3. The first-order chi connectivity index (χ1) is 7.94. The molecule has 0 heterocycles. The van der Waals surface area contributed by atoms with E-state index in [0.717, 1.165) is 0 Å². The first-order valence-corrected chi connectivity index (χ1v) is 6.11. The summed E-state index contributed by atoms with van der Waals surface area (Å²) in [5.41, 5.74) is 0.328. The zero-order valence-electron chi connectivity index (χ0n) is 10.5. The highest BCUT2D eigenvalue weighted by atomic mass is 35.5. The lowest BCUT2D eigenvalue weighted by Crippen LogP contribution is -2.37. The summed E-state index contributed by atoms with van der Waals surface area (Å²) in [7, 11) is 0. The maximum Gasteiger partial charge on any atom is 0.127 e. The smallest absolute Gasteiger partial charge is 0.127 e. The number of ether oxygens (including phenoxy) is 1. The van der Waals surface area contributed by atoms with Crippen LogP contribution in [0.15, 0.2) is 18.2 Å². The third-order valence-electron chi connectivity index (χ3n) is 2.41. The summed E-state index contributed by atoms with van der Waals surface area (Å²) in [5.74, 6) is -0.240. The van der Waals surface area contributed by atoms with Gasteiger partial charge in [-0.05, 0) is 39.0 Å². The first-order valence-electron chi connectivity index (χ1n) is 5.73. The Kier molecular flexibility index (Phi) is 5.37. The van der Waals surface area contributed by atoms with Gasteiger partial charge in [0.25, 0.3) is 0 Å². The van der Waals surface area contributed by atoms with Gasteiger partial charge in [0.1, 0.15) is 5.82 Å². The normalized spacial score (nSPS) is 11.8. The van der Waals surface area contributed by atoms with Gasteiger partial charge < -0.3 is 10.1 Å². The van der Waals surface area contributed by atoms with Gasteiger partial charge in [0.15, 0.2) is 0 Å². The third kappa shape index (κ3) is 5.02. The van der Waals surface area contributed by atoms with E-state index in [4.69, 9.17) is 16.3 Å². The lowest BCUT2D eigenvalue weighted by Gasteiger charge is -2.25. The number of nitrogens with one attached hydrogen (secondary N) is 1. The van der Waals surface area contributed by atoms with Crippen molar-refractivity contribution in [1.29, 1.82) is 0 Å². The first kappa shape index (κ1) is 14.4. The van der Waals surface area contributed by atoms with Gasteiger partial charge in [-0.15, -0.1) is 0 Å². The largest absolute Gasteiger partial charge is 0.375 e. The second-order valence-corrected chi connectivity index (χ2v) is 4.97. The summed E-state index contributed by atoms with van der Waals surface area (Å²) >= 11 is 5.82. The molecule has 0 saturated carbocycles. The number of hydrogen-bond donors (Lipinski definition) is 1. The second-order valence-electron chi connectivity index (χ2n) is 4.53. The minimum atomic E-state index is -0.246. The van der Waals surface area contributed by atoms with Crippen molar-refractivity contribution in [2.75, 3.05) is 13.2 Å². The summed E-state index contributed by atoms with van der Waals surface area (Å²) in [4.78, 5) is 0. The Hall–Kier alpha value is -0.640. The van der Waals surface area contributed by atoms with Crippen LogP contribution in [-0.2, 0) is 11.3 Å². The highest BCUT2D eigenvalue weighted by Crippen LogP contribution is 2.15. The molecule has 0 radical (unpaired) electrons. The van der Waals surface area contributed by atoms with Crippen molar-refractivity contribution in [3.8, 4) is 0 Å². The van der Waals surface area contributed by atoms with E-state index in [9.17, 15) is 4.39 Å². The van der Waals surface area contributed by atoms with Gasteiger partial charge in [0, 0.05) is 30.3 Å². The summed E-state index contributed by atoms with van der Waals surface area (Å²) in [6.07, 6.45) is 0. The van der Waals surface area contributed by atoms with E-state index in [1.807, 2.05) is 20.8 Å². The molecule has 0 amide bonds. The molecule has 17 heavy (non-hydrogen) atoms. The molecule has 0 spiro atoms. The minimum Gasteiger partial charge on any atom is -0.375 e. The lowest BCUT2D eigenvalue weighted by atomic mass is 10.1. The topological polar surface area (TPSA) is 21.3 Å². The van der Waals surface area contributed by atoms with E-state index < -0.39 is 0 Å². The Morgan fingerprint density at radius 3 is 2.76 bits per heavy atom. The van der Waals surface area contributed by atoms with E-state index in [0.29, 0.717) is 30.3 Å². The Morgan fingerprint density at radius 2 is 2.12 bits per heavy atom. The van der Waals surface area contributed by atoms with Crippen molar-refractivity contribution < 1.29 is 9.13 Å². The van der Waals surface area contributed by atoms with Crippen LogP contribution in [0.2, 0.25) is 5.02 Å². The van der Waals surface area contributed by atoms with Crippen LogP contribution in [0.5, 0.6) is 0 Å². The Bertz CT molecular complexity index is 368. The molecule has 0 saturated heterocycles. The molecule has 0 fully saturated rings. The predicted octanol–water partition coefficient (Wildman–Crippen LogP) is 3.38. The third-order valence-corrected chi connectivity index (χ3v) is 2.64. The van der Waals surface area contributed by atoms with E-state index in [1.54, 1.807) is 12.1 Å². The molecule has 0 bridgehead atoms. The molecule has 96 valence electrons. The second kappa shape index (κ2) is 6.34. The van der Waals surface area contributed by atoms with Crippen LogP contribution in [0.4, 0.5) is 4.39 Å². The van der Waals surface area contributed by atoms with Crippen LogP contribution in [0.3, 0.4) is 0 Å². The molecule has 0 aliphatic heterocycles. The molecule has 0 unspecified atom stereocenters. The summed E-state index contributed by atoms with van der Waals surface area (Å²) in [6, 6.07) is 4.56. The van der Waals surface area contributed by atoms with Gasteiger partial charge in [-0.25, -0.2) is 4.39 Å². The van der Waals surface area contributed by atoms with E-state index in [1.165, 1.54) is 6.07 Å². The van der Waals surface area contributed by atoms with Crippen LogP contribution in [0.25, 0.3) is 0 Å². The maximum absolute atomic E-state index is 13.4. The zero-order chi connectivity index (χ0) is 12.9. The molecule has 2 nitrogen and oxygen atoms in total. The number of benzene rings is 1. The van der Waals surface area contributed by atoms with Crippen molar-refractivity contribution >= 4 is 11.6 Å². The number of halogens is 2. The van der Waals surface area contributed by atoms with Crippen molar-refractivity contribution in [2.24, 2.45) is 0 Å². The molecule has 1 aromatic rings. The minimum absolute atomic E-state index is 0.240. The van der Waals surface area contributed by atoms with E-state index in [-0.39, 0.29) is 11.4 Å². The molecule has 4 heteroatoms. The lowest BCUT2D eigenvalue weighted by molar-refractivity contribution is -0.00901. The summed E-state index contributed by atoms with van der Waals surface area (Å²) in [5, 5.41) is 3.72. The van der Waals surface area contributed by atoms with Crippen molar-refractivity contribution in [1.82, 2.24) is 5.32 Å². The fourth-order valence-corrected chi connectivity index (χ4v) is 1.81. The molecular weight excluding hydrogens is 241 g/mol.